The van der Waals surface area contributed by atoms with Crippen molar-refractivity contribution in [3.63, 3.8) is 0 Å². The molecule has 0 amide bonds. The van der Waals surface area contributed by atoms with Gasteiger partial charge in [-0.25, -0.2) is 13.1 Å². The molecule has 0 aliphatic heterocycles. The molecule has 0 unspecified atom stereocenters. The quantitative estimate of drug-likeness (QED) is 0.847. The van der Waals surface area contributed by atoms with Crippen LogP contribution in [-0.4, -0.2) is 13.4 Å². The summed E-state index contributed by atoms with van der Waals surface area (Å²) in [5.41, 5.74) is 9.29. The lowest BCUT2D eigenvalue weighted by atomic mass is 10.1. The van der Waals surface area contributed by atoms with Crippen molar-refractivity contribution in [3.8, 4) is 0 Å². The van der Waals surface area contributed by atoms with E-state index in [9.17, 15) is 8.42 Å². The second-order valence-corrected chi connectivity index (χ2v) is 6.78. The highest BCUT2D eigenvalue weighted by Gasteiger charge is 2.20. The van der Waals surface area contributed by atoms with Crippen molar-refractivity contribution in [2.45, 2.75) is 32.2 Å². The molecule has 1 heterocycles. The molecule has 1 aromatic carbocycles. The van der Waals surface area contributed by atoms with E-state index in [-0.39, 0.29) is 11.4 Å². The van der Waals surface area contributed by atoms with Gasteiger partial charge in [0.1, 0.15) is 4.90 Å². The number of nitrogens with zero attached hydrogens (tertiary/aromatic N) is 1. The zero-order chi connectivity index (χ0) is 15.6. The number of pyridine rings is 1. The summed E-state index contributed by atoms with van der Waals surface area (Å²) >= 11 is 0. The molecule has 0 atom stereocenters. The number of aromatic nitrogens is 1. The van der Waals surface area contributed by atoms with E-state index in [1.54, 1.807) is 26.1 Å². The summed E-state index contributed by atoms with van der Waals surface area (Å²) in [4.78, 5) is 4.30. The SMILES string of the molecule is Cc1ccc(CNS(=O)(=O)c2c(C)ccc(C)c2N)cn1. The normalized spacial score (nSPS) is 11.6. The zero-order valence-corrected chi connectivity index (χ0v) is 13.2. The van der Waals surface area contributed by atoms with Crippen LogP contribution < -0.4 is 10.5 Å². The second-order valence-electron chi connectivity index (χ2n) is 5.07. The lowest BCUT2D eigenvalue weighted by Crippen LogP contribution is -2.25. The number of nitrogen functional groups attached to an aromatic ring is 1. The topological polar surface area (TPSA) is 85.1 Å². The molecule has 5 nitrogen and oxygen atoms in total. The number of nitrogens with one attached hydrogen (secondary N) is 1. The zero-order valence-electron chi connectivity index (χ0n) is 12.3. The fraction of sp³-hybridized carbons (Fsp3) is 0.267. The van der Waals surface area contributed by atoms with E-state index in [2.05, 4.69) is 9.71 Å². The fourth-order valence-corrected chi connectivity index (χ4v) is 3.46. The Hall–Kier alpha value is -1.92. The first-order valence-corrected chi connectivity index (χ1v) is 8.06. The largest absolute Gasteiger partial charge is 0.397 e. The maximum Gasteiger partial charge on any atom is 0.243 e. The van der Waals surface area contributed by atoms with Crippen LogP contribution in [0.15, 0.2) is 35.4 Å². The van der Waals surface area contributed by atoms with E-state index in [1.807, 2.05) is 25.1 Å². The lowest BCUT2D eigenvalue weighted by Gasteiger charge is -2.13. The Morgan fingerprint density at radius 2 is 1.76 bits per heavy atom. The number of sulfonamides is 1. The summed E-state index contributed by atoms with van der Waals surface area (Å²) in [6.07, 6.45) is 1.66. The first-order valence-electron chi connectivity index (χ1n) is 6.58. The van der Waals surface area contributed by atoms with E-state index < -0.39 is 10.0 Å². The molecule has 0 spiro atoms. The molecule has 2 rings (SSSR count). The fourth-order valence-electron chi connectivity index (χ4n) is 2.02. The lowest BCUT2D eigenvalue weighted by molar-refractivity contribution is 0.581. The predicted molar refractivity (Wildman–Crippen MR) is 83.3 cm³/mol. The molecule has 0 fully saturated rings. The van der Waals surface area contributed by atoms with E-state index in [0.717, 1.165) is 16.8 Å². The Morgan fingerprint density at radius 3 is 2.38 bits per heavy atom. The van der Waals surface area contributed by atoms with E-state index >= 15 is 0 Å². The number of hydrogen-bond acceptors (Lipinski definition) is 4. The first-order chi connectivity index (χ1) is 9.81. The van der Waals surface area contributed by atoms with Crippen molar-refractivity contribution in [1.29, 1.82) is 0 Å². The molecule has 3 N–H and O–H groups in total. The summed E-state index contributed by atoms with van der Waals surface area (Å²) < 4.78 is 27.5. The van der Waals surface area contributed by atoms with Crippen LogP contribution >= 0.6 is 0 Å². The van der Waals surface area contributed by atoms with Crippen molar-refractivity contribution in [3.05, 3.63) is 52.8 Å². The van der Waals surface area contributed by atoms with Crippen molar-refractivity contribution < 1.29 is 8.42 Å². The minimum Gasteiger partial charge on any atom is -0.397 e. The summed E-state index contributed by atoms with van der Waals surface area (Å²) in [6, 6.07) is 7.26. The highest BCUT2D eigenvalue weighted by atomic mass is 32.2. The second kappa shape index (κ2) is 5.83. The van der Waals surface area contributed by atoms with Crippen LogP contribution in [0.5, 0.6) is 0 Å². The maximum absolute atomic E-state index is 12.5. The van der Waals surface area contributed by atoms with Gasteiger partial charge in [0.25, 0.3) is 0 Å². The summed E-state index contributed by atoms with van der Waals surface area (Å²) in [7, 11) is -3.66. The highest BCUT2D eigenvalue weighted by Crippen LogP contribution is 2.25. The summed E-state index contributed by atoms with van der Waals surface area (Å²) in [5.74, 6) is 0. The van der Waals surface area contributed by atoms with Gasteiger partial charge in [0.2, 0.25) is 10.0 Å². The molecule has 0 saturated carbocycles. The smallest absolute Gasteiger partial charge is 0.243 e. The number of benzene rings is 1. The molecule has 6 heteroatoms. The van der Waals surface area contributed by atoms with Crippen LogP contribution in [0.3, 0.4) is 0 Å². The average Bonchev–Trinajstić information content (AvgIpc) is 2.43. The molecule has 112 valence electrons. The van der Waals surface area contributed by atoms with Gasteiger partial charge in [-0.3, -0.25) is 4.98 Å². The molecule has 1 aromatic heterocycles. The van der Waals surface area contributed by atoms with Gasteiger partial charge in [0.05, 0.1) is 5.69 Å². The first kappa shape index (κ1) is 15.5. The molecular formula is C15H19N3O2S. The minimum atomic E-state index is -3.66. The van der Waals surface area contributed by atoms with Gasteiger partial charge < -0.3 is 5.73 Å². The van der Waals surface area contributed by atoms with Crippen molar-refractivity contribution in [1.82, 2.24) is 9.71 Å². The number of anilines is 1. The predicted octanol–water partition coefficient (Wildman–Crippen LogP) is 2.07. The van der Waals surface area contributed by atoms with Crippen LogP contribution in [0.4, 0.5) is 5.69 Å². The van der Waals surface area contributed by atoms with Gasteiger partial charge in [-0.2, -0.15) is 0 Å². The Kier molecular flexibility index (Phi) is 4.29. The van der Waals surface area contributed by atoms with Crippen molar-refractivity contribution in [2.24, 2.45) is 0 Å². The molecule has 21 heavy (non-hydrogen) atoms. The Balaban J connectivity index is 2.27. The average molecular weight is 305 g/mol. The number of nitrogens with two attached hydrogens (primary N) is 1. The molecule has 0 radical (unpaired) electrons. The van der Waals surface area contributed by atoms with Gasteiger partial charge in [-0.15, -0.1) is 0 Å². The standard InChI is InChI=1S/C15H19N3O2S/c1-10-4-5-11(2)15(14(10)16)21(19,20)18-9-13-7-6-12(3)17-8-13/h4-8,18H,9,16H2,1-3H3. The maximum atomic E-state index is 12.5. The molecule has 0 saturated heterocycles. The molecule has 0 aliphatic rings. The van der Waals surface area contributed by atoms with Gasteiger partial charge in [-0.05, 0) is 43.5 Å². The number of rotatable bonds is 4. The molecular weight excluding hydrogens is 286 g/mol. The Labute approximate surface area is 125 Å². The number of aryl methyl sites for hydroxylation is 3. The monoisotopic (exact) mass is 305 g/mol. The minimum absolute atomic E-state index is 0.155. The third kappa shape index (κ3) is 3.40. The van der Waals surface area contributed by atoms with Crippen LogP contribution in [0, 0.1) is 20.8 Å². The van der Waals surface area contributed by atoms with E-state index in [0.29, 0.717) is 11.3 Å². The molecule has 0 aliphatic carbocycles. The highest BCUT2D eigenvalue weighted by molar-refractivity contribution is 7.89. The summed E-state index contributed by atoms with van der Waals surface area (Å²) in [6.45, 7) is 5.59. The van der Waals surface area contributed by atoms with Crippen LogP contribution in [0.1, 0.15) is 22.4 Å². The van der Waals surface area contributed by atoms with Crippen LogP contribution in [0.2, 0.25) is 0 Å². The van der Waals surface area contributed by atoms with Crippen molar-refractivity contribution in [2.75, 3.05) is 5.73 Å². The van der Waals surface area contributed by atoms with Gasteiger partial charge in [0.15, 0.2) is 0 Å². The van der Waals surface area contributed by atoms with E-state index in [1.165, 1.54) is 0 Å². The van der Waals surface area contributed by atoms with Crippen molar-refractivity contribution >= 4 is 15.7 Å². The Morgan fingerprint density at radius 1 is 1.10 bits per heavy atom. The van der Waals surface area contributed by atoms with Crippen LogP contribution in [0.25, 0.3) is 0 Å². The third-order valence-corrected chi connectivity index (χ3v) is 4.92. The Bertz CT molecular complexity index is 753. The van der Waals surface area contributed by atoms with Gasteiger partial charge in [0, 0.05) is 18.4 Å². The molecule has 2 aromatic rings. The number of hydrogen-bond donors (Lipinski definition) is 2. The van der Waals surface area contributed by atoms with E-state index in [4.69, 9.17) is 5.73 Å². The van der Waals surface area contributed by atoms with Crippen LogP contribution in [-0.2, 0) is 16.6 Å². The van der Waals surface area contributed by atoms with Gasteiger partial charge in [-0.1, -0.05) is 18.2 Å². The summed E-state index contributed by atoms with van der Waals surface area (Å²) in [5, 5.41) is 0. The third-order valence-electron chi connectivity index (χ3n) is 3.32. The molecule has 0 bridgehead atoms. The van der Waals surface area contributed by atoms with Gasteiger partial charge >= 0.3 is 0 Å².